The number of nitrogens with zero attached hydrogens (tertiary/aromatic N) is 3. The third kappa shape index (κ3) is 4.65. The van der Waals surface area contributed by atoms with Crippen molar-refractivity contribution in [2.45, 2.75) is 34.2 Å². The predicted molar refractivity (Wildman–Crippen MR) is 91.6 cm³/mol. The Morgan fingerprint density at radius 1 is 1.19 bits per heavy atom. The van der Waals surface area contributed by atoms with Crippen molar-refractivity contribution in [1.29, 1.82) is 0 Å². The van der Waals surface area contributed by atoms with Crippen molar-refractivity contribution in [3.05, 3.63) is 29.3 Å². The number of hydrogen-bond acceptors (Lipinski definition) is 3. The van der Waals surface area contributed by atoms with Crippen LogP contribution in [0, 0.1) is 12.8 Å². The summed E-state index contributed by atoms with van der Waals surface area (Å²) in [6, 6.07) is 6.72. The highest BCUT2D eigenvalue weighted by molar-refractivity contribution is 5.86. The van der Waals surface area contributed by atoms with Crippen LogP contribution in [0.5, 0.6) is 0 Å². The lowest BCUT2D eigenvalue weighted by molar-refractivity contribution is 0.148. The Kier molecular flexibility index (Phi) is 5.54. The zero-order valence-corrected chi connectivity index (χ0v) is 14.2. The van der Waals surface area contributed by atoms with Gasteiger partial charge in [0.15, 0.2) is 0 Å². The van der Waals surface area contributed by atoms with E-state index < -0.39 is 0 Å². The molecule has 0 unspecified atom stereocenters. The fraction of sp³-hybridized carbons (Fsp3) is 0.611. The van der Waals surface area contributed by atoms with Crippen molar-refractivity contribution in [2.24, 2.45) is 10.9 Å². The van der Waals surface area contributed by atoms with Crippen LogP contribution >= 0.6 is 0 Å². The van der Waals surface area contributed by atoms with Gasteiger partial charge in [-0.2, -0.15) is 0 Å². The van der Waals surface area contributed by atoms with Crippen LogP contribution in [0.4, 0.5) is 5.69 Å². The molecule has 1 heterocycles. The average Bonchev–Trinajstić information content (AvgIpc) is 2.45. The topological polar surface area (TPSA) is 18.8 Å². The highest BCUT2D eigenvalue weighted by atomic mass is 15.2. The molecule has 1 saturated heterocycles. The maximum atomic E-state index is 4.81. The van der Waals surface area contributed by atoms with Gasteiger partial charge in [0.1, 0.15) is 0 Å². The number of aliphatic imine (C=N–C) groups is 1. The number of benzene rings is 1. The molecule has 0 atom stereocenters. The molecule has 1 aromatic rings. The minimum absolute atomic E-state index is 0.505. The molecule has 3 heteroatoms. The van der Waals surface area contributed by atoms with E-state index in [-0.39, 0.29) is 0 Å². The standard InChI is InChI=1S/C18H29N3/c1-14(2)16(4)19-18-12-17(7-6-15(18)3)13-21-10-8-20(5)9-11-21/h6-7,12,14H,8-11,13H2,1-5H3. The number of aryl methyl sites for hydroxylation is 1. The molecule has 0 aliphatic carbocycles. The van der Waals surface area contributed by atoms with Gasteiger partial charge < -0.3 is 4.90 Å². The maximum absolute atomic E-state index is 4.81. The summed E-state index contributed by atoms with van der Waals surface area (Å²) in [7, 11) is 2.20. The molecular formula is C18H29N3. The fourth-order valence-electron chi connectivity index (χ4n) is 2.46. The molecule has 0 aromatic heterocycles. The third-order valence-electron chi connectivity index (χ3n) is 4.41. The monoisotopic (exact) mass is 287 g/mol. The number of rotatable bonds is 4. The lowest BCUT2D eigenvalue weighted by Crippen LogP contribution is -2.43. The molecule has 0 saturated carbocycles. The van der Waals surface area contributed by atoms with E-state index in [9.17, 15) is 0 Å². The molecule has 1 fully saturated rings. The second-order valence-corrected chi connectivity index (χ2v) is 6.61. The Balaban J connectivity index is 2.09. The van der Waals surface area contributed by atoms with E-state index in [1.165, 1.54) is 29.9 Å². The number of piperazine rings is 1. The zero-order valence-electron chi connectivity index (χ0n) is 14.2. The van der Waals surface area contributed by atoms with Crippen molar-refractivity contribution >= 4 is 11.4 Å². The summed E-state index contributed by atoms with van der Waals surface area (Å²) in [6.45, 7) is 14.4. The Morgan fingerprint density at radius 2 is 1.86 bits per heavy atom. The molecule has 2 rings (SSSR count). The first-order valence-electron chi connectivity index (χ1n) is 8.01. The van der Waals surface area contributed by atoms with E-state index in [1.807, 2.05) is 0 Å². The molecule has 21 heavy (non-hydrogen) atoms. The second kappa shape index (κ2) is 7.19. The van der Waals surface area contributed by atoms with Gasteiger partial charge in [0, 0.05) is 38.4 Å². The largest absolute Gasteiger partial charge is 0.304 e. The lowest BCUT2D eigenvalue weighted by atomic mass is 10.1. The summed E-state index contributed by atoms with van der Waals surface area (Å²) in [5.74, 6) is 0.505. The zero-order chi connectivity index (χ0) is 15.4. The molecule has 0 N–H and O–H groups in total. The molecule has 116 valence electrons. The van der Waals surface area contributed by atoms with Gasteiger partial charge in [-0.25, -0.2) is 0 Å². The fourth-order valence-corrected chi connectivity index (χ4v) is 2.46. The van der Waals surface area contributed by atoms with Gasteiger partial charge in [0.25, 0.3) is 0 Å². The van der Waals surface area contributed by atoms with Crippen LogP contribution in [0.1, 0.15) is 31.9 Å². The quantitative estimate of drug-likeness (QED) is 0.789. The van der Waals surface area contributed by atoms with Crippen LogP contribution < -0.4 is 0 Å². The Bertz CT molecular complexity index is 497. The first-order valence-corrected chi connectivity index (χ1v) is 8.01. The average molecular weight is 287 g/mol. The summed E-state index contributed by atoms with van der Waals surface area (Å²) < 4.78 is 0. The lowest BCUT2D eigenvalue weighted by Gasteiger charge is -2.32. The molecule has 1 aliphatic rings. The van der Waals surface area contributed by atoms with Gasteiger partial charge >= 0.3 is 0 Å². The Hall–Kier alpha value is -1.19. The number of likely N-dealkylation sites (N-methyl/N-ethyl adjacent to an activating group) is 1. The molecule has 1 aromatic carbocycles. The van der Waals surface area contributed by atoms with E-state index >= 15 is 0 Å². The Morgan fingerprint density at radius 3 is 2.48 bits per heavy atom. The maximum Gasteiger partial charge on any atom is 0.0661 e. The van der Waals surface area contributed by atoms with E-state index in [0.717, 1.165) is 25.3 Å². The third-order valence-corrected chi connectivity index (χ3v) is 4.41. The summed E-state index contributed by atoms with van der Waals surface area (Å²) in [4.78, 5) is 9.75. The molecule has 0 bridgehead atoms. The molecular weight excluding hydrogens is 258 g/mol. The highest BCUT2D eigenvalue weighted by Gasteiger charge is 2.14. The minimum atomic E-state index is 0.505. The molecule has 0 radical (unpaired) electrons. The molecule has 1 aliphatic heterocycles. The van der Waals surface area contributed by atoms with E-state index in [4.69, 9.17) is 4.99 Å². The molecule has 0 amide bonds. The van der Waals surface area contributed by atoms with Gasteiger partial charge in [-0.3, -0.25) is 9.89 Å². The minimum Gasteiger partial charge on any atom is -0.304 e. The van der Waals surface area contributed by atoms with Crippen LogP contribution in [0.15, 0.2) is 23.2 Å². The summed E-state index contributed by atoms with van der Waals surface area (Å²) in [6.07, 6.45) is 0. The van der Waals surface area contributed by atoms with Crippen LogP contribution in [-0.2, 0) is 6.54 Å². The molecule has 0 spiro atoms. The second-order valence-electron chi connectivity index (χ2n) is 6.61. The van der Waals surface area contributed by atoms with Gasteiger partial charge in [-0.05, 0) is 44.0 Å². The van der Waals surface area contributed by atoms with Crippen LogP contribution in [0.2, 0.25) is 0 Å². The van der Waals surface area contributed by atoms with Crippen molar-refractivity contribution in [1.82, 2.24) is 9.80 Å². The summed E-state index contributed by atoms with van der Waals surface area (Å²) in [5.41, 5.74) is 4.97. The highest BCUT2D eigenvalue weighted by Crippen LogP contribution is 2.22. The van der Waals surface area contributed by atoms with E-state index in [1.54, 1.807) is 0 Å². The first kappa shape index (κ1) is 16.2. The van der Waals surface area contributed by atoms with E-state index in [0.29, 0.717) is 5.92 Å². The van der Waals surface area contributed by atoms with Gasteiger partial charge in [-0.15, -0.1) is 0 Å². The smallest absolute Gasteiger partial charge is 0.0661 e. The number of hydrogen-bond donors (Lipinski definition) is 0. The van der Waals surface area contributed by atoms with Crippen LogP contribution in [-0.4, -0.2) is 48.7 Å². The van der Waals surface area contributed by atoms with Crippen LogP contribution in [0.25, 0.3) is 0 Å². The van der Waals surface area contributed by atoms with Gasteiger partial charge in [-0.1, -0.05) is 26.0 Å². The van der Waals surface area contributed by atoms with E-state index in [2.05, 4.69) is 62.7 Å². The summed E-state index contributed by atoms with van der Waals surface area (Å²) in [5, 5.41) is 0. The molecule has 3 nitrogen and oxygen atoms in total. The predicted octanol–water partition coefficient (Wildman–Crippen LogP) is 3.49. The SMILES string of the molecule is CC(=Nc1cc(CN2CCN(C)CC2)ccc1C)C(C)C. The van der Waals surface area contributed by atoms with Crippen molar-refractivity contribution in [3.8, 4) is 0 Å². The normalized spacial score (nSPS) is 18.5. The van der Waals surface area contributed by atoms with Crippen molar-refractivity contribution in [3.63, 3.8) is 0 Å². The summed E-state index contributed by atoms with van der Waals surface area (Å²) >= 11 is 0. The Labute approximate surface area is 129 Å². The van der Waals surface area contributed by atoms with Crippen molar-refractivity contribution in [2.75, 3.05) is 33.2 Å². The van der Waals surface area contributed by atoms with Crippen molar-refractivity contribution < 1.29 is 0 Å². The van der Waals surface area contributed by atoms with Crippen LogP contribution in [0.3, 0.4) is 0 Å². The van der Waals surface area contributed by atoms with Gasteiger partial charge in [0.05, 0.1) is 5.69 Å². The van der Waals surface area contributed by atoms with Gasteiger partial charge in [0.2, 0.25) is 0 Å². The first-order chi connectivity index (χ1) is 9.95.